The average molecular weight is 434 g/mol. The Hall–Kier alpha value is -3.17. The van der Waals surface area contributed by atoms with Crippen LogP contribution in [0, 0.1) is 0 Å². The molecule has 1 aromatic carbocycles. The summed E-state index contributed by atoms with van der Waals surface area (Å²) in [5, 5.41) is 7.93. The molecular formula is C22H23N7OS. The normalized spacial score (nSPS) is 15.0. The van der Waals surface area contributed by atoms with E-state index in [4.69, 9.17) is 0 Å². The van der Waals surface area contributed by atoms with Crippen LogP contribution in [-0.2, 0) is 13.5 Å². The Bertz CT molecular complexity index is 1240. The van der Waals surface area contributed by atoms with E-state index in [1.807, 2.05) is 43.0 Å². The van der Waals surface area contributed by atoms with Gasteiger partial charge in [0.1, 0.15) is 11.5 Å². The molecule has 0 amide bonds. The molecule has 0 spiro atoms. The molecule has 0 N–H and O–H groups in total. The average Bonchev–Trinajstić information content (AvgIpc) is 3.43. The van der Waals surface area contributed by atoms with Gasteiger partial charge in [0.05, 0.1) is 18.1 Å². The fraction of sp³-hybridized carbons (Fsp3) is 0.318. The molecule has 31 heavy (non-hydrogen) atoms. The first-order valence-electron chi connectivity index (χ1n) is 10.2. The standard InChI is InChI=1S/C22H23N7OS/c1-27-5-7-29(8-6-27)22-26-19(14-31-22)20(30)10-21-23-11-16-4-3-15(9-18(16)25-21)17-12-24-28(2)13-17/h3-4,9,11-14H,5-8,10H2,1-2H3. The molecule has 0 aliphatic carbocycles. The predicted molar refractivity (Wildman–Crippen MR) is 122 cm³/mol. The van der Waals surface area contributed by atoms with Crippen molar-refractivity contribution in [1.29, 1.82) is 0 Å². The molecule has 1 aliphatic heterocycles. The third-order valence-corrected chi connectivity index (χ3v) is 6.44. The maximum atomic E-state index is 12.8. The van der Waals surface area contributed by atoms with Crippen LogP contribution < -0.4 is 4.90 Å². The van der Waals surface area contributed by atoms with Gasteiger partial charge >= 0.3 is 0 Å². The number of aryl methyl sites for hydroxylation is 1. The second kappa shape index (κ2) is 8.16. The lowest BCUT2D eigenvalue weighted by atomic mass is 10.1. The first kappa shape index (κ1) is 19.8. The number of nitrogens with zero attached hydrogens (tertiary/aromatic N) is 7. The first-order valence-corrected chi connectivity index (χ1v) is 11.1. The Morgan fingerprint density at radius 3 is 2.68 bits per heavy atom. The maximum absolute atomic E-state index is 12.8. The summed E-state index contributed by atoms with van der Waals surface area (Å²) < 4.78 is 1.77. The summed E-state index contributed by atoms with van der Waals surface area (Å²) in [5.74, 6) is 0.453. The van der Waals surface area contributed by atoms with Crippen LogP contribution in [0.2, 0.25) is 0 Å². The molecule has 9 heteroatoms. The number of thiazole rings is 1. The number of likely N-dealkylation sites (N-methyl/N-ethyl adjacent to an activating group) is 1. The van der Waals surface area contributed by atoms with E-state index in [-0.39, 0.29) is 12.2 Å². The second-order valence-electron chi connectivity index (χ2n) is 7.87. The van der Waals surface area contributed by atoms with Crippen LogP contribution in [0.5, 0.6) is 0 Å². The van der Waals surface area contributed by atoms with Gasteiger partial charge in [-0.25, -0.2) is 15.0 Å². The molecule has 0 saturated carbocycles. The number of ketones is 1. The SMILES string of the molecule is CN1CCN(c2nc(C(=O)Cc3ncc4ccc(-c5cnn(C)c5)cc4n3)cs2)CC1. The highest BCUT2D eigenvalue weighted by molar-refractivity contribution is 7.13. The number of fused-ring (bicyclic) bond motifs is 1. The van der Waals surface area contributed by atoms with Crippen molar-refractivity contribution in [3.05, 3.63) is 53.7 Å². The monoisotopic (exact) mass is 433 g/mol. The second-order valence-corrected chi connectivity index (χ2v) is 8.70. The number of rotatable bonds is 5. The highest BCUT2D eigenvalue weighted by atomic mass is 32.1. The number of aromatic nitrogens is 5. The molecule has 0 unspecified atom stereocenters. The summed E-state index contributed by atoms with van der Waals surface area (Å²) in [6, 6.07) is 6.03. The molecule has 0 atom stereocenters. The van der Waals surface area contributed by atoms with Gasteiger partial charge in [0.2, 0.25) is 0 Å². The molecule has 3 aromatic heterocycles. The minimum Gasteiger partial charge on any atom is -0.346 e. The van der Waals surface area contributed by atoms with E-state index in [1.165, 1.54) is 11.3 Å². The predicted octanol–water partition coefficient (Wildman–Crippen LogP) is 2.66. The molecule has 1 fully saturated rings. The van der Waals surface area contributed by atoms with Gasteiger partial charge in [0.15, 0.2) is 10.9 Å². The van der Waals surface area contributed by atoms with E-state index >= 15 is 0 Å². The van der Waals surface area contributed by atoms with E-state index in [0.29, 0.717) is 11.5 Å². The Labute approximate surface area is 184 Å². The summed E-state index contributed by atoms with van der Waals surface area (Å²) >= 11 is 1.53. The molecule has 0 radical (unpaired) electrons. The van der Waals surface area contributed by atoms with Crippen molar-refractivity contribution in [3.63, 3.8) is 0 Å². The number of hydrogen-bond acceptors (Lipinski definition) is 8. The molecule has 8 nitrogen and oxygen atoms in total. The van der Waals surface area contributed by atoms with Gasteiger partial charge in [0, 0.05) is 62.0 Å². The van der Waals surface area contributed by atoms with Crippen molar-refractivity contribution in [3.8, 4) is 11.1 Å². The number of hydrogen-bond donors (Lipinski definition) is 0. The summed E-state index contributed by atoms with van der Waals surface area (Å²) in [6.07, 6.45) is 5.70. The van der Waals surface area contributed by atoms with Gasteiger partial charge in [-0.3, -0.25) is 9.48 Å². The number of benzene rings is 1. The van der Waals surface area contributed by atoms with Gasteiger partial charge in [-0.05, 0) is 18.7 Å². The summed E-state index contributed by atoms with van der Waals surface area (Å²) in [7, 11) is 4.02. The number of carbonyl (C=O) groups is 1. The Balaban J connectivity index is 1.33. The van der Waals surface area contributed by atoms with Gasteiger partial charge < -0.3 is 9.80 Å². The zero-order valence-electron chi connectivity index (χ0n) is 17.5. The Morgan fingerprint density at radius 2 is 1.90 bits per heavy atom. The van der Waals surface area contributed by atoms with Gasteiger partial charge in [-0.2, -0.15) is 5.10 Å². The number of anilines is 1. The van der Waals surface area contributed by atoms with Crippen molar-refractivity contribution in [1.82, 2.24) is 29.6 Å². The lowest BCUT2D eigenvalue weighted by molar-refractivity contribution is 0.0987. The van der Waals surface area contributed by atoms with Crippen molar-refractivity contribution in [2.24, 2.45) is 7.05 Å². The van der Waals surface area contributed by atoms with Crippen molar-refractivity contribution < 1.29 is 4.79 Å². The lowest BCUT2D eigenvalue weighted by Gasteiger charge is -2.32. The zero-order chi connectivity index (χ0) is 21.4. The molecule has 1 aliphatic rings. The lowest BCUT2D eigenvalue weighted by Crippen LogP contribution is -2.44. The smallest absolute Gasteiger partial charge is 0.189 e. The van der Waals surface area contributed by atoms with E-state index in [9.17, 15) is 4.79 Å². The summed E-state index contributed by atoms with van der Waals surface area (Å²) in [4.78, 5) is 31.0. The van der Waals surface area contributed by atoms with Crippen LogP contribution in [0.3, 0.4) is 0 Å². The molecule has 4 aromatic rings. The number of piperazine rings is 1. The van der Waals surface area contributed by atoms with Gasteiger partial charge in [-0.15, -0.1) is 11.3 Å². The summed E-state index contributed by atoms with van der Waals surface area (Å²) in [5.41, 5.74) is 3.37. The van der Waals surface area contributed by atoms with Gasteiger partial charge in [0.25, 0.3) is 0 Å². The van der Waals surface area contributed by atoms with Gasteiger partial charge in [-0.1, -0.05) is 12.1 Å². The summed E-state index contributed by atoms with van der Waals surface area (Å²) in [6.45, 7) is 3.89. The fourth-order valence-electron chi connectivity index (χ4n) is 3.67. The van der Waals surface area contributed by atoms with Crippen LogP contribution in [0.15, 0.2) is 42.2 Å². The largest absolute Gasteiger partial charge is 0.346 e. The van der Waals surface area contributed by atoms with Crippen LogP contribution in [0.25, 0.3) is 22.0 Å². The Morgan fingerprint density at radius 1 is 1.06 bits per heavy atom. The molecule has 158 valence electrons. The van der Waals surface area contributed by atoms with E-state index in [2.05, 4.69) is 36.9 Å². The van der Waals surface area contributed by atoms with Crippen molar-refractivity contribution >= 4 is 33.2 Å². The minimum absolute atomic E-state index is 0.0561. The topological polar surface area (TPSA) is 80.0 Å². The fourth-order valence-corrected chi connectivity index (χ4v) is 4.55. The zero-order valence-corrected chi connectivity index (χ0v) is 18.3. The highest BCUT2D eigenvalue weighted by Crippen LogP contribution is 2.24. The first-order chi connectivity index (χ1) is 15.0. The highest BCUT2D eigenvalue weighted by Gasteiger charge is 2.19. The Kier molecular flexibility index (Phi) is 5.21. The number of Topliss-reactive ketones (excluding diaryl/α,β-unsaturated/α-hetero) is 1. The van der Waals surface area contributed by atoms with E-state index in [1.54, 1.807) is 10.9 Å². The maximum Gasteiger partial charge on any atom is 0.189 e. The minimum atomic E-state index is -0.0561. The van der Waals surface area contributed by atoms with E-state index in [0.717, 1.165) is 53.3 Å². The van der Waals surface area contributed by atoms with Crippen LogP contribution in [0.4, 0.5) is 5.13 Å². The third kappa shape index (κ3) is 4.19. The molecule has 4 heterocycles. The van der Waals surface area contributed by atoms with Crippen molar-refractivity contribution in [2.45, 2.75) is 6.42 Å². The molecular weight excluding hydrogens is 410 g/mol. The molecule has 5 rings (SSSR count). The number of carbonyl (C=O) groups excluding carboxylic acids is 1. The van der Waals surface area contributed by atoms with Crippen LogP contribution in [-0.4, -0.2) is 68.6 Å². The quantitative estimate of drug-likeness (QED) is 0.448. The van der Waals surface area contributed by atoms with Crippen LogP contribution >= 0.6 is 11.3 Å². The molecule has 1 saturated heterocycles. The van der Waals surface area contributed by atoms with E-state index < -0.39 is 0 Å². The van der Waals surface area contributed by atoms with Crippen LogP contribution in [0.1, 0.15) is 16.3 Å². The third-order valence-electron chi connectivity index (χ3n) is 5.54. The molecule has 0 bridgehead atoms. The van der Waals surface area contributed by atoms with Crippen molar-refractivity contribution in [2.75, 3.05) is 38.1 Å².